The third-order valence-corrected chi connectivity index (χ3v) is 8.00. The van der Waals surface area contributed by atoms with Gasteiger partial charge in [0.1, 0.15) is 5.75 Å². The van der Waals surface area contributed by atoms with E-state index >= 15 is 0 Å². The average Bonchev–Trinajstić information content (AvgIpc) is 3.44. The van der Waals surface area contributed by atoms with Crippen molar-refractivity contribution < 1.29 is 29.3 Å². The fourth-order valence-corrected chi connectivity index (χ4v) is 6.00. The molecule has 9 heteroatoms. The minimum Gasteiger partial charge on any atom is -0.488 e. The number of ketones is 1. The number of amides is 2. The Kier molecular flexibility index (Phi) is 7.09. The van der Waals surface area contributed by atoms with Crippen LogP contribution in [0.15, 0.2) is 24.3 Å². The summed E-state index contributed by atoms with van der Waals surface area (Å²) in [6.07, 6.45) is 3.07. The smallest absolute Gasteiger partial charge is 0.233 e. The zero-order chi connectivity index (χ0) is 24.5. The third-order valence-electron chi connectivity index (χ3n) is 8.00. The Hall–Kier alpha value is -2.49. The van der Waals surface area contributed by atoms with E-state index in [0.29, 0.717) is 19.2 Å². The molecule has 190 valence electrons. The number of anilines is 1. The number of carbonyl (C=O) groups excluding carboxylic acids is 3. The molecular weight excluding hydrogens is 450 g/mol. The standard InChI is InChI=1S/C26H35N3O6/c30-17(16-29-25(33)19-13-22(31)23(32)14-20(19)26(29)34)15-27-9-11-28(12-10-27)21-7-3-4-8-24(21)35-18-5-1-2-6-18/h3-4,7-8,18-20,22-23,31-32H,1-2,5-6,9-16H2. The average molecular weight is 486 g/mol. The second kappa shape index (κ2) is 10.2. The quantitative estimate of drug-likeness (QED) is 0.546. The lowest BCUT2D eigenvalue weighted by atomic mass is 9.78. The highest BCUT2D eigenvalue weighted by atomic mass is 16.5. The highest BCUT2D eigenvalue weighted by Gasteiger charge is 2.52. The molecule has 2 aliphatic heterocycles. The second-order valence-electron chi connectivity index (χ2n) is 10.4. The number of aliphatic hydroxyl groups is 2. The summed E-state index contributed by atoms with van der Waals surface area (Å²) in [5.74, 6) is -1.32. The number of Topliss-reactive ketones (excluding diaryl/α,β-unsaturated/α-hetero) is 1. The fourth-order valence-electron chi connectivity index (χ4n) is 6.00. The van der Waals surface area contributed by atoms with E-state index < -0.39 is 35.9 Å². The topological polar surface area (TPSA) is 111 Å². The minimum atomic E-state index is -1.01. The van der Waals surface area contributed by atoms with Crippen molar-refractivity contribution >= 4 is 23.3 Å². The molecule has 4 atom stereocenters. The number of carbonyl (C=O) groups is 3. The van der Waals surface area contributed by atoms with Crippen LogP contribution in [0, 0.1) is 11.8 Å². The Morgan fingerprint density at radius 1 is 0.886 bits per heavy atom. The van der Waals surface area contributed by atoms with Crippen LogP contribution in [-0.4, -0.2) is 95.2 Å². The number of benzene rings is 1. The SMILES string of the molecule is O=C(CN1CCN(c2ccccc2OC2CCCC2)CC1)CN1C(=O)C2CC(O)C(O)CC2C1=O. The number of imide groups is 1. The maximum Gasteiger partial charge on any atom is 0.233 e. The number of hydrogen-bond acceptors (Lipinski definition) is 8. The molecule has 1 aromatic rings. The van der Waals surface area contributed by atoms with Crippen LogP contribution in [0.3, 0.4) is 0 Å². The van der Waals surface area contributed by atoms with Gasteiger partial charge in [0.25, 0.3) is 0 Å². The van der Waals surface area contributed by atoms with Crippen molar-refractivity contribution in [1.82, 2.24) is 9.80 Å². The van der Waals surface area contributed by atoms with Gasteiger partial charge in [-0.2, -0.15) is 0 Å². The van der Waals surface area contributed by atoms with Crippen molar-refractivity contribution in [1.29, 1.82) is 0 Å². The monoisotopic (exact) mass is 485 g/mol. The van der Waals surface area contributed by atoms with Crippen molar-refractivity contribution in [3.05, 3.63) is 24.3 Å². The zero-order valence-corrected chi connectivity index (χ0v) is 20.1. The molecule has 2 aliphatic carbocycles. The molecule has 0 radical (unpaired) electrons. The highest BCUT2D eigenvalue weighted by Crippen LogP contribution is 2.38. The summed E-state index contributed by atoms with van der Waals surface area (Å²) in [6, 6.07) is 8.14. The van der Waals surface area contributed by atoms with Crippen LogP contribution < -0.4 is 9.64 Å². The van der Waals surface area contributed by atoms with Gasteiger partial charge >= 0.3 is 0 Å². The molecule has 4 aliphatic rings. The number of rotatable bonds is 7. The lowest BCUT2D eigenvalue weighted by Gasteiger charge is -2.36. The predicted octanol–water partition coefficient (Wildman–Crippen LogP) is 0.816. The van der Waals surface area contributed by atoms with Crippen LogP contribution in [0.2, 0.25) is 0 Å². The molecule has 9 nitrogen and oxygen atoms in total. The molecule has 1 aromatic carbocycles. The van der Waals surface area contributed by atoms with Gasteiger partial charge in [0.05, 0.1) is 48.9 Å². The van der Waals surface area contributed by atoms with E-state index in [9.17, 15) is 24.6 Å². The van der Waals surface area contributed by atoms with E-state index in [1.165, 1.54) is 12.8 Å². The Morgan fingerprint density at radius 3 is 2.11 bits per heavy atom. The van der Waals surface area contributed by atoms with Crippen LogP contribution in [-0.2, 0) is 14.4 Å². The number of hydrogen-bond donors (Lipinski definition) is 2. The van der Waals surface area contributed by atoms with Gasteiger partial charge in [-0.1, -0.05) is 12.1 Å². The first-order chi connectivity index (χ1) is 16.9. The summed E-state index contributed by atoms with van der Waals surface area (Å²) in [5.41, 5.74) is 1.09. The van der Waals surface area contributed by atoms with Crippen LogP contribution in [0.1, 0.15) is 38.5 Å². The largest absolute Gasteiger partial charge is 0.488 e. The van der Waals surface area contributed by atoms with Gasteiger partial charge in [0, 0.05) is 26.2 Å². The van der Waals surface area contributed by atoms with E-state index in [0.717, 1.165) is 42.3 Å². The first-order valence-electron chi connectivity index (χ1n) is 12.9. The molecule has 2 amide bonds. The van der Waals surface area contributed by atoms with Crippen molar-refractivity contribution in [2.75, 3.05) is 44.2 Å². The van der Waals surface area contributed by atoms with Crippen molar-refractivity contribution in [2.45, 2.75) is 56.8 Å². The number of ether oxygens (including phenoxy) is 1. The lowest BCUT2D eigenvalue weighted by Crippen LogP contribution is -2.49. The number of likely N-dealkylation sites (tertiary alicyclic amines) is 1. The summed E-state index contributed by atoms with van der Waals surface area (Å²) < 4.78 is 6.29. The van der Waals surface area contributed by atoms with Crippen LogP contribution in [0.5, 0.6) is 5.75 Å². The molecule has 0 spiro atoms. The molecule has 35 heavy (non-hydrogen) atoms. The summed E-state index contributed by atoms with van der Waals surface area (Å²) >= 11 is 0. The summed E-state index contributed by atoms with van der Waals surface area (Å²) in [7, 11) is 0. The van der Waals surface area contributed by atoms with Crippen LogP contribution in [0.4, 0.5) is 5.69 Å². The number of fused-ring (bicyclic) bond motifs is 1. The number of piperazine rings is 1. The molecular formula is C26H35N3O6. The first-order valence-corrected chi connectivity index (χ1v) is 12.9. The van der Waals surface area contributed by atoms with E-state index in [1.807, 2.05) is 18.2 Å². The highest BCUT2D eigenvalue weighted by molar-refractivity contribution is 6.07. The summed E-state index contributed by atoms with van der Waals surface area (Å²) in [4.78, 5) is 43.6. The molecule has 0 bridgehead atoms. The van der Waals surface area contributed by atoms with Crippen molar-refractivity contribution in [2.24, 2.45) is 11.8 Å². The normalized spacial score (nSPS) is 30.1. The van der Waals surface area contributed by atoms with Gasteiger partial charge < -0.3 is 19.8 Å². The first kappa shape index (κ1) is 24.2. The zero-order valence-electron chi connectivity index (χ0n) is 20.1. The van der Waals surface area contributed by atoms with Crippen LogP contribution >= 0.6 is 0 Å². The minimum absolute atomic E-state index is 0.0645. The lowest BCUT2D eigenvalue weighted by molar-refractivity contribution is -0.143. The van der Waals surface area contributed by atoms with Gasteiger partial charge in [-0.25, -0.2) is 0 Å². The van der Waals surface area contributed by atoms with E-state index in [2.05, 4.69) is 15.9 Å². The van der Waals surface area contributed by atoms with E-state index in [4.69, 9.17) is 4.74 Å². The van der Waals surface area contributed by atoms with Crippen LogP contribution in [0.25, 0.3) is 0 Å². The summed E-state index contributed by atoms with van der Waals surface area (Å²) in [5, 5.41) is 19.8. The summed E-state index contributed by atoms with van der Waals surface area (Å²) in [6.45, 7) is 2.88. The molecule has 2 N–H and O–H groups in total. The van der Waals surface area contributed by atoms with Crippen molar-refractivity contribution in [3.63, 3.8) is 0 Å². The van der Waals surface area contributed by atoms with Crippen molar-refractivity contribution in [3.8, 4) is 5.75 Å². The van der Waals surface area contributed by atoms with Gasteiger partial charge in [-0.15, -0.1) is 0 Å². The Morgan fingerprint density at radius 2 is 1.49 bits per heavy atom. The molecule has 4 fully saturated rings. The molecule has 4 unspecified atom stereocenters. The molecule has 5 rings (SSSR count). The van der Waals surface area contributed by atoms with Gasteiger partial charge in [-0.05, 0) is 50.7 Å². The van der Waals surface area contributed by atoms with Gasteiger partial charge in [0.15, 0.2) is 5.78 Å². The molecule has 2 saturated carbocycles. The van der Waals surface area contributed by atoms with E-state index in [-0.39, 0.29) is 31.7 Å². The third kappa shape index (κ3) is 5.08. The van der Waals surface area contributed by atoms with Gasteiger partial charge in [0.2, 0.25) is 11.8 Å². The molecule has 2 heterocycles. The number of nitrogens with zero attached hydrogens (tertiary/aromatic N) is 3. The Balaban J connectivity index is 1.13. The molecule has 2 saturated heterocycles. The Labute approximate surface area is 205 Å². The van der Waals surface area contributed by atoms with Gasteiger partial charge in [-0.3, -0.25) is 24.2 Å². The maximum atomic E-state index is 12.8. The molecule has 0 aromatic heterocycles. The van der Waals surface area contributed by atoms with E-state index in [1.54, 1.807) is 0 Å². The number of para-hydroxylation sites is 2. The maximum absolute atomic E-state index is 12.8. The Bertz CT molecular complexity index is 928. The fraction of sp³-hybridized carbons (Fsp3) is 0.654. The predicted molar refractivity (Wildman–Crippen MR) is 128 cm³/mol. The second-order valence-corrected chi connectivity index (χ2v) is 10.4. The number of aliphatic hydroxyl groups excluding tert-OH is 2.